The molecule has 0 aromatic heterocycles. The quantitative estimate of drug-likeness (QED) is 0.906. The molecule has 1 aliphatic heterocycles. The summed E-state index contributed by atoms with van der Waals surface area (Å²) >= 11 is 1.40. The Kier molecular flexibility index (Phi) is 4.27. The van der Waals surface area contributed by atoms with E-state index in [1.807, 2.05) is 0 Å². The molecule has 7 heteroatoms. The van der Waals surface area contributed by atoms with E-state index in [1.54, 1.807) is 0 Å². The third-order valence-electron chi connectivity index (χ3n) is 3.17. The number of carbonyl (C=O) groups is 2. The lowest BCUT2D eigenvalue weighted by Gasteiger charge is -2.32. The highest BCUT2D eigenvalue weighted by molar-refractivity contribution is 7.99. The number of thioether (sulfide) groups is 1. The van der Waals surface area contributed by atoms with E-state index in [-0.39, 0.29) is 17.9 Å². The highest BCUT2D eigenvalue weighted by Gasteiger charge is 2.35. The lowest BCUT2D eigenvalue weighted by molar-refractivity contribution is -0.141. The summed E-state index contributed by atoms with van der Waals surface area (Å²) < 4.78 is 27.7. The van der Waals surface area contributed by atoms with Crippen molar-refractivity contribution in [1.29, 1.82) is 0 Å². The van der Waals surface area contributed by atoms with Gasteiger partial charge in [-0.25, -0.2) is 13.6 Å². The summed E-state index contributed by atoms with van der Waals surface area (Å²) in [6.07, 6.45) is 0. The smallest absolute Gasteiger partial charge is 0.327 e. The van der Waals surface area contributed by atoms with E-state index in [4.69, 9.17) is 5.11 Å². The van der Waals surface area contributed by atoms with Crippen LogP contribution in [0.3, 0.4) is 0 Å². The highest BCUT2D eigenvalue weighted by atomic mass is 32.2. The van der Waals surface area contributed by atoms with Gasteiger partial charge in [0.25, 0.3) is 5.91 Å². The number of benzene rings is 1. The van der Waals surface area contributed by atoms with Crippen LogP contribution < -0.4 is 0 Å². The Hall–Kier alpha value is -1.63. The molecular formula is C13H13F2NO3S. The van der Waals surface area contributed by atoms with Gasteiger partial charge in [0.05, 0.1) is 0 Å². The predicted octanol–water partition coefficient (Wildman–Crippen LogP) is 1.92. The predicted molar refractivity (Wildman–Crippen MR) is 70.9 cm³/mol. The fourth-order valence-electron chi connectivity index (χ4n) is 2.05. The van der Waals surface area contributed by atoms with Crippen LogP contribution in [0, 0.1) is 18.6 Å². The number of carbonyl (C=O) groups excluding carboxylic acids is 1. The maximum Gasteiger partial charge on any atom is 0.327 e. The highest BCUT2D eigenvalue weighted by Crippen LogP contribution is 2.23. The van der Waals surface area contributed by atoms with Crippen LogP contribution in [0.2, 0.25) is 0 Å². The molecule has 108 valence electrons. The molecule has 4 nitrogen and oxygen atoms in total. The minimum atomic E-state index is -1.17. The van der Waals surface area contributed by atoms with E-state index in [2.05, 4.69) is 0 Å². The van der Waals surface area contributed by atoms with Gasteiger partial charge in [0.15, 0.2) is 0 Å². The number of aliphatic carboxylic acids is 1. The molecule has 1 unspecified atom stereocenters. The monoisotopic (exact) mass is 301 g/mol. The van der Waals surface area contributed by atoms with Gasteiger partial charge in [-0.05, 0) is 18.6 Å². The molecule has 2 rings (SSSR count). The van der Waals surface area contributed by atoms with Gasteiger partial charge in [-0.2, -0.15) is 11.8 Å². The molecule has 0 saturated carbocycles. The normalized spacial score (nSPS) is 18.9. The number of carboxylic acid groups (broad SMARTS) is 1. The molecule has 1 atom stereocenters. The third-order valence-corrected chi connectivity index (χ3v) is 4.20. The molecule has 1 N–H and O–H groups in total. The van der Waals surface area contributed by atoms with Crippen LogP contribution in [0.15, 0.2) is 12.1 Å². The third kappa shape index (κ3) is 2.63. The minimum absolute atomic E-state index is 0.146. The van der Waals surface area contributed by atoms with Gasteiger partial charge >= 0.3 is 5.97 Å². The maximum atomic E-state index is 14.0. The lowest BCUT2D eigenvalue weighted by Crippen LogP contribution is -2.50. The van der Waals surface area contributed by atoms with Crippen LogP contribution in [-0.2, 0) is 4.79 Å². The molecular weight excluding hydrogens is 288 g/mol. The fourth-order valence-corrected chi connectivity index (χ4v) is 3.09. The zero-order valence-corrected chi connectivity index (χ0v) is 11.5. The summed E-state index contributed by atoms with van der Waals surface area (Å²) in [5.74, 6) is -3.21. The molecule has 1 aromatic rings. The van der Waals surface area contributed by atoms with Crippen LogP contribution in [0.5, 0.6) is 0 Å². The first kappa shape index (κ1) is 14.8. The Balaban J connectivity index is 2.40. The standard InChI is InChI=1S/C13H13F2NO3S/c1-7-2-3-8(14)10(11(7)15)12(17)16-4-5-20-6-9(16)13(18)19/h2-3,9H,4-6H2,1H3,(H,18,19). The molecule has 1 heterocycles. The van der Waals surface area contributed by atoms with Gasteiger partial charge in [0, 0.05) is 18.1 Å². The Morgan fingerprint density at radius 1 is 1.40 bits per heavy atom. The largest absolute Gasteiger partial charge is 0.480 e. The van der Waals surface area contributed by atoms with Crippen LogP contribution in [0.4, 0.5) is 8.78 Å². The molecule has 20 heavy (non-hydrogen) atoms. The molecule has 0 spiro atoms. The summed E-state index contributed by atoms with van der Waals surface area (Å²) in [5, 5.41) is 9.10. The van der Waals surface area contributed by atoms with Crippen LogP contribution >= 0.6 is 11.8 Å². The minimum Gasteiger partial charge on any atom is -0.480 e. The molecule has 1 fully saturated rings. The van der Waals surface area contributed by atoms with E-state index < -0.39 is 35.1 Å². The summed E-state index contributed by atoms with van der Waals surface area (Å²) in [5.41, 5.74) is -0.531. The molecule has 0 bridgehead atoms. The van der Waals surface area contributed by atoms with Crippen molar-refractivity contribution in [2.45, 2.75) is 13.0 Å². The van der Waals surface area contributed by atoms with E-state index in [0.29, 0.717) is 5.75 Å². The summed E-state index contributed by atoms with van der Waals surface area (Å²) in [6, 6.07) is 1.20. The number of aryl methyl sites for hydroxylation is 1. The second kappa shape index (κ2) is 5.78. The van der Waals surface area contributed by atoms with Gasteiger partial charge in [-0.1, -0.05) is 6.07 Å². The number of nitrogens with zero attached hydrogens (tertiary/aromatic N) is 1. The van der Waals surface area contributed by atoms with E-state index >= 15 is 0 Å². The van der Waals surface area contributed by atoms with Crippen molar-refractivity contribution in [3.05, 3.63) is 34.9 Å². The van der Waals surface area contributed by atoms with E-state index in [0.717, 1.165) is 11.0 Å². The number of rotatable bonds is 2. The summed E-state index contributed by atoms with van der Waals surface area (Å²) in [4.78, 5) is 24.5. The molecule has 0 radical (unpaired) electrons. The number of amides is 1. The van der Waals surface area contributed by atoms with Gasteiger partial charge in [-0.3, -0.25) is 4.79 Å². The average molecular weight is 301 g/mol. The SMILES string of the molecule is Cc1ccc(F)c(C(=O)N2CCSCC2C(=O)O)c1F. The van der Waals surface area contributed by atoms with Crippen molar-refractivity contribution < 1.29 is 23.5 Å². The van der Waals surface area contributed by atoms with Gasteiger partial charge in [0.1, 0.15) is 23.2 Å². The van der Waals surface area contributed by atoms with Gasteiger partial charge in [-0.15, -0.1) is 0 Å². The van der Waals surface area contributed by atoms with E-state index in [1.165, 1.54) is 24.8 Å². The van der Waals surface area contributed by atoms with Crippen molar-refractivity contribution in [3.63, 3.8) is 0 Å². The topological polar surface area (TPSA) is 57.6 Å². The summed E-state index contributed by atoms with van der Waals surface area (Å²) in [7, 11) is 0. The Labute approximate surface area is 118 Å². The molecule has 1 aliphatic rings. The number of halogens is 2. The van der Waals surface area contributed by atoms with Crippen molar-refractivity contribution in [3.8, 4) is 0 Å². The van der Waals surface area contributed by atoms with Gasteiger partial charge in [0.2, 0.25) is 0 Å². The first-order chi connectivity index (χ1) is 9.43. The van der Waals surface area contributed by atoms with E-state index in [9.17, 15) is 18.4 Å². The Morgan fingerprint density at radius 2 is 2.10 bits per heavy atom. The van der Waals surface area contributed by atoms with Crippen LogP contribution in [0.1, 0.15) is 15.9 Å². The van der Waals surface area contributed by atoms with Crippen molar-refractivity contribution >= 4 is 23.6 Å². The zero-order chi connectivity index (χ0) is 14.9. The van der Waals surface area contributed by atoms with Crippen LogP contribution in [-0.4, -0.2) is 46.0 Å². The first-order valence-corrected chi connectivity index (χ1v) is 7.15. The first-order valence-electron chi connectivity index (χ1n) is 5.99. The maximum absolute atomic E-state index is 14.0. The van der Waals surface area contributed by atoms with Crippen LogP contribution in [0.25, 0.3) is 0 Å². The van der Waals surface area contributed by atoms with Crippen molar-refractivity contribution in [2.24, 2.45) is 0 Å². The molecule has 1 saturated heterocycles. The lowest BCUT2D eigenvalue weighted by atomic mass is 10.1. The Morgan fingerprint density at radius 3 is 2.75 bits per heavy atom. The Bertz CT molecular complexity index is 565. The van der Waals surface area contributed by atoms with Crippen molar-refractivity contribution in [1.82, 2.24) is 4.90 Å². The fraction of sp³-hybridized carbons (Fsp3) is 0.385. The number of hydrogen-bond acceptors (Lipinski definition) is 3. The van der Waals surface area contributed by atoms with Crippen molar-refractivity contribution in [2.75, 3.05) is 18.1 Å². The second-order valence-corrected chi connectivity index (χ2v) is 5.63. The molecule has 1 amide bonds. The molecule has 1 aromatic carbocycles. The summed E-state index contributed by atoms with van der Waals surface area (Å²) in [6.45, 7) is 1.58. The average Bonchev–Trinajstić information content (AvgIpc) is 2.43. The molecule has 0 aliphatic carbocycles. The zero-order valence-electron chi connectivity index (χ0n) is 10.7. The van der Waals surface area contributed by atoms with Gasteiger partial charge < -0.3 is 10.0 Å². The second-order valence-electron chi connectivity index (χ2n) is 4.48. The number of hydrogen-bond donors (Lipinski definition) is 1. The number of carboxylic acids is 1.